The van der Waals surface area contributed by atoms with Gasteiger partial charge < -0.3 is 14.6 Å². The van der Waals surface area contributed by atoms with Gasteiger partial charge in [-0.15, -0.1) is 11.8 Å². The van der Waals surface area contributed by atoms with Crippen LogP contribution in [0.2, 0.25) is 5.02 Å². The Kier molecular flexibility index (Phi) is 6.57. The molecule has 0 spiro atoms. The van der Waals surface area contributed by atoms with Crippen molar-refractivity contribution in [3.8, 4) is 5.69 Å². The molecule has 162 valence electrons. The topological polar surface area (TPSA) is 60.3 Å². The zero-order valence-electron chi connectivity index (χ0n) is 17.5. The normalized spacial score (nSPS) is 16.2. The number of benzene rings is 1. The minimum absolute atomic E-state index is 0.0568. The number of methoxy groups -OCH3 is 1. The molecule has 2 aromatic heterocycles. The number of aryl methyl sites for hydroxylation is 1. The van der Waals surface area contributed by atoms with E-state index < -0.39 is 0 Å². The molecule has 5 nitrogen and oxygen atoms in total. The van der Waals surface area contributed by atoms with E-state index in [1.54, 1.807) is 30.2 Å². The number of nitrogens with one attached hydrogen (secondary N) is 1. The number of rotatable bonds is 5. The summed E-state index contributed by atoms with van der Waals surface area (Å²) >= 11 is 9.66. The van der Waals surface area contributed by atoms with Gasteiger partial charge in [0.2, 0.25) is 0 Å². The molecule has 0 saturated carbocycles. The van der Waals surface area contributed by atoms with Gasteiger partial charge in [0.05, 0.1) is 12.3 Å². The van der Waals surface area contributed by atoms with Crippen molar-refractivity contribution in [2.24, 2.45) is 0 Å². The van der Waals surface area contributed by atoms with E-state index in [2.05, 4.69) is 16.8 Å². The lowest BCUT2D eigenvalue weighted by Crippen LogP contribution is -2.39. The van der Waals surface area contributed by atoms with Crippen molar-refractivity contribution in [1.29, 1.82) is 0 Å². The average molecular weight is 475 g/mol. The third-order valence-electron chi connectivity index (χ3n) is 5.24. The summed E-state index contributed by atoms with van der Waals surface area (Å²) in [5.74, 6) is -0.371. The second-order valence-corrected chi connectivity index (χ2v) is 10.1. The van der Waals surface area contributed by atoms with Gasteiger partial charge in [0.25, 0.3) is 5.91 Å². The van der Waals surface area contributed by atoms with Crippen molar-refractivity contribution >= 4 is 40.6 Å². The van der Waals surface area contributed by atoms with Crippen LogP contribution in [0.1, 0.15) is 39.5 Å². The van der Waals surface area contributed by atoms with Crippen LogP contribution in [0.15, 0.2) is 50.8 Å². The molecule has 0 unspecified atom stereocenters. The molecule has 0 bridgehead atoms. The van der Waals surface area contributed by atoms with Crippen molar-refractivity contribution in [2.45, 2.75) is 36.5 Å². The van der Waals surface area contributed by atoms with Gasteiger partial charge in [-0.05, 0) is 54.4 Å². The quantitative estimate of drug-likeness (QED) is 0.564. The summed E-state index contributed by atoms with van der Waals surface area (Å²) in [5.41, 5.74) is 3.53. The van der Waals surface area contributed by atoms with E-state index in [0.717, 1.165) is 22.0 Å². The van der Waals surface area contributed by atoms with Gasteiger partial charge in [-0.25, -0.2) is 0 Å². The highest BCUT2D eigenvalue weighted by Gasteiger charge is 2.29. The summed E-state index contributed by atoms with van der Waals surface area (Å²) in [7, 11) is 1.58. The number of halogens is 1. The van der Waals surface area contributed by atoms with Crippen LogP contribution in [0.25, 0.3) is 5.69 Å². The third-order valence-corrected chi connectivity index (χ3v) is 7.49. The van der Waals surface area contributed by atoms with Crippen LogP contribution >= 0.6 is 34.7 Å². The summed E-state index contributed by atoms with van der Waals surface area (Å²) in [6.45, 7) is 4.12. The van der Waals surface area contributed by atoms with Crippen LogP contribution in [0.5, 0.6) is 0 Å². The molecule has 1 aliphatic rings. The molecule has 0 fully saturated rings. The molecule has 3 aromatic rings. The Morgan fingerprint density at radius 3 is 2.87 bits per heavy atom. The van der Waals surface area contributed by atoms with Crippen molar-refractivity contribution in [1.82, 2.24) is 9.88 Å². The molecule has 0 saturated heterocycles. The molecule has 1 N–H and O–H groups in total. The van der Waals surface area contributed by atoms with Crippen LogP contribution in [-0.2, 0) is 11.2 Å². The first kappa shape index (κ1) is 22.1. The lowest BCUT2D eigenvalue weighted by Gasteiger charge is -2.21. The van der Waals surface area contributed by atoms with E-state index >= 15 is 0 Å². The van der Waals surface area contributed by atoms with Gasteiger partial charge in [0.15, 0.2) is 5.43 Å². The van der Waals surface area contributed by atoms with E-state index in [1.165, 1.54) is 11.6 Å². The number of ether oxygens (including phenoxy) is 1. The zero-order valence-corrected chi connectivity index (χ0v) is 19.9. The number of thiophene rings is 1. The molecule has 1 amide bonds. The molecule has 3 heterocycles. The van der Waals surface area contributed by atoms with E-state index in [1.807, 2.05) is 42.0 Å². The van der Waals surface area contributed by atoms with Gasteiger partial charge in [0.1, 0.15) is 5.56 Å². The monoisotopic (exact) mass is 474 g/mol. The van der Waals surface area contributed by atoms with Crippen LogP contribution in [0.4, 0.5) is 0 Å². The Hall–Kier alpha value is -2.06. The van der Waals surface area contributed by atoms with Crippen molar-refractivity contribution in [3.63, 3.8) is 0 Å². The smallest absolute Gasteiger partial charge is 0.257 e. The van der Waals surface area contributed by atoms with Crippen molar-refractivity contribution in [2.75, 3.05) is 13.7 Å². The predicted molar refractivity (Wildman–Crippen MR) is 127 cm³/mol. The molecule has 0 radical (unpaired) electrons. The summed E-state index contributed by atoms with van der Waals surface area (Å²) in [6, 6.07) is 9.17. The van der Waals surface area contributed by atoms with Crippen LogP contribution in [-0.4, -0.2) is 30.2 Å². The fourth-order valence-corrected chi connectivity index (χ4v) is 6.28. The highest BCUT2D eigenvalue weighted by atomic mass is 35.5. The first-order chi connectivity index (χ1) is 14.9. The fraction of sp³-hybridized carbons (Fsp3) is 0.304. The van der Waals surface area contributed by atoms with E-state index in [-0.39, 0.29) is 28.2 Å². The summed E-state index contributed by atoms with van der Waals surface area (Å²) in [6.07, 6.45) is 0.548. The first-order valence-corrected chi connectivity index (χ1v) is 12.1. The van der Waals surface area contributed by atoms with Gasteiger partial charge >= 0.3 is 0 Å². The van der Waals surface area contributed by atoms with Crippen LogP contribution < -0.4 is 10.7 Å². The number of hydrogen-bond acceptors (Lipinski definition) is 5. The third kappa shape index (κ3) is 4.46. The second kappa shape index (κ2) is 9.20. The van der Waals surface area contributed by atoms with Crippen molar-refractivity contribution < 1.29 is 9.53 Å². The number of carbonyl (C=O) groups is 1. The number of pyridine rings is 1. The van der Waals surface area contributed by atoms with Gasteiger partial charge in [-0.1, -0.05) is 11.6 Å². The number of carbonyl (C=O) groups excluding carboxylic acids is 1. The Labute approximate surface area is 194 Å². The molecule has 4 rings (SSSR count). The minimum atomic E-state index is -0.371. The number of thioether (sulfide) groups is 1. The van der Waals surface area contributed by atoms with Crippen molar-refractivity contribution in [3.05, 3.63) is 78.9 Å². The lowest BCUT2D eigenvalue weighted by atomic mass is 10.0. The SMILES string of the molecule is COC[C@@H](C)NC(=O)c1c2n(c(C)cc1=O)-c1ccc(Cl)cc1S[C@@H](c1ccsc1)C2. The standard InChI is InChI=1S/C23H23ClN2O3S2/c1-13(11-29-3)25-23(28)22-18-10-20(15-6-7-30-12-15)31-21-9-16(24)4-5-17(21)26(18)14(2)8-19(22)27/h4-9,12-13,20H,10-11H2,1-3H3,(H,25,28)/t13-,20-/m1/s1. The summed E-state index contributed by atoms with van der Waals surface area (Å²) in [5, 5.41) is 7.78. The first-order valence-electron chi connectivity index (χ1n) is 9.93. The Balaban J connectivity index is 1.92. The Bertz CT molecular complexity index is 1170. The number of amides is 1. The lowest BCUT2D eigenvalue weighted by molar-refractivity contribution is 0.0902. The maximum absolute atomic E-state index is 13.2. The molecule has 2 atom stereocenters. The Morgan fingerprint density at radius 2 is 2.16 bits per heavy atom. The molecular formula is C23H23ClN2O3S2. The average Bonchev–Trinajstić information content (AvgIpc) is 3.18. The second-order valence-electron chi connectivity index (χ2n) is 7.62. The maximum Gasteiger partial charge on any atom is 0.257 e. The zero-order chi connectivity index (χ0) is 22.1. The molecule has 1 aliphatic heterocycles. The van der Waals surface area contributed by atoms with Crippen LogP contribution in [0, 0.1) is 6.92 Å². The molecule has 1 aromatic carbocycles. The van der Waals surface area contributed by atoms with Gasteiger partial charge in [-0.3, -0.25) is 9.59 Å². The maximum atomic E-state index is 13.2. The summed E-state index contributed by atoms with van der Waals surface area (Å²) in [4.78, 5) is 27.3. The highest BCUT2D eigenvalue weighted by Crippen LogP contribution is 2.45. The largest absolute Gasteiger partial charge is 0.383 e. The van der Waals surface area contributed by atoms with E-state index in [9.17, 15) is 9.59 Å². The molecule has 8 heteroatoms. The van der Waals surface area contributed by atoms with Crippen LogP contribution in [0.3, 0.4) is 0 Å². The minimum Gasteiger partial charge on any atom is -0.383 e. The molecular weight excluding hydrogens is 452 g/mol. The van der Waals surface area contributed by atoms with E-state index in [4.69, 9.17) is 16.3 Å². The number of hydrogen-bond donors (Lipinski definition) is 1. The number of aromatic nitrogens is 1. The number of nitrogens with zero attached hydrogens (tertiary/aromatic N) is 1. The predicted octanol–water partition coefficient (Wildman–Crippen LogP) is 5.02. The highest BCUT2D eigenvalue weighted by molar-refractivity contribution is 7.99. The summed E-state index contributed by atoms with van der Waals surface area (Å²) < 4.78 is 7.16. The molecule has 31 heavy (non-hydrogen) atoms. The Morgan fingerprint density at radius 1 is 1.35 bits per heavy atom. The molecule has 0 aliphatic carbocycles. The van der Waals surface area contributed by atoms with Gasteiger partial charge in [-0.2, -0.15) is 11.3 Å². The van der Waals surface area contributed by atoms with E-state index in [0.29, 0.717) is 18.1 Å². The fourth-order valence-electron chi connectivity index (χ4n) is 3.93. The number of fused-ring (bicyclic) bond motifs is 3. The van der Waals surface area contributed by atoms with Gasteiger partial charge in [0, 0.05) is 52.2 Å².